The summed E-state index contributed by atoms with van der Waals surface area (Å²) in [5.41, 5.74) is -1.63. The Hall–Kier alpha value is -0.450. The first-order valence-electron chi connectivity index (χ1n) is 3.69. The fourth-order valence-corrected chi connectivity index (χ4v) is 1.83. The lowest BCUT2D eigenvalue weighted by Gasteiger charge is -2.15. The molecule has 0 aromatic carbocycles. The molecule has 0 aliphatic carbocycles. The molecule has 0 aliphatic rings. The third-order valence-corrected chi connectivity index (χ3v) is 2.54. The van der Waals surface area contributed by atoms with Crippen LogP contribution in [0.15, 0.2) is 6.20 Å². The van der Waals surface area contributed by atoms with E-state index in [0.717, 1.165) is 0 Å². The van der Waals surface area contributed by atoms with Gasteiger partial charge in [-0.3, -0.25) is 0 Å². The van der Waals surface area contributed by atoms with Gasteiger partial charge in [-0.15, -0.1) is 13.2 Å². The first-order chi connectivity index (χ1) is 7.52. The zero-order valence-electron chi connectivity index (χ0n) is 7.46. The molecule has 0 saturated carbocycles. The molecule has 1 rings (SSSR count). The van der Waals surface area contributed by atoms with E-state index in [1.165, 1.54) is 22.6 Å². The van der Waals surface area contributed by atoms with Crippen LogP contribution in [0, 0.1) is 3.57 Å². The molecule has 0 amide bonds. The van der Waals surface area contributed by atoms with Crippen LogP contribution in [0.5, 0.6) is 5.75 Å². The summed E-state index contributed by atoms with van der Waals surface area (Å²) in [5.74, 6) is -1.11. The third-order valence-electron chi connectivity index (χ3n) is 1.42. The van der Waals surface area contributed by atoms with Crippen molar-refractivity contribution in [3.63, 3.8) is 0 Å². The highest BCUT2D eigenvalue weighted by molar-refractivity contribution is 14.1. The molecule has 2 nitrogen and oxygen atoms in total. The van der Waals surface area contributed by atoms with Crippen LogP contribution in [0.4, 0.5) is 26.3 Å². The summed E-state index contributed by atoms with van der Waals surface area (Å²) in [6.45, 7) is 0. The number of alkyl halides is 6. The molecule has 96 valence electrons. The van der Waals surface area contributed by atoms with Gasteiger partial charge in [0.2, 0.25) is 0 Å². The SMILES string of the molecule is FC(F)(F)Oc1c(I)cnc(C(F)(F)F)c1Cl. The highest BCUT2D eigenvalue weighted by Gasteiger charge is 2.40. The first-order valence-corrected chi connectivity index (χ1v) is 5.15. The van der Waals surface area contributed by atoms with Crippen LogP contribution in [0.3, 0.4) is 0 Å². The fraction of sp³-hybridized carbons (Fsp3) is 0.286. The van der Waals surface area contributed by atoms with E-state index in [1.807, 2.05) is 0 Å². The molecule has 0 bridgehead atoms. The molecule has 17 heavy (non-hydrogen) atoms. The predicted molar refractivity (Wildman–Crippen MR) is 53.6 cm³/mol. The van der Waals surface area contributed by atoms with Gasteiger partial charge >= 0.3 is 12.5 Å². The standard InChI is InChI=1S/C7HClF6INO/c8-3-4(17-7(12,13)14)2(15)1-16-5(3)6(9,10)11/h1H. The minimum atomic E-state index is -5.13. The van der Waals surface area contributed by atoms with Crippen molar-refractivity contribution in [2.24, 2.45) is 0 Å². The average molecular weight is 391 g/mol. The summed E-state index contributed by atoms with van der Waals surface area (Å²) in [7, 11) is 0. The Morgan fingerprint density at radius 1 is 1.18 bits per heavy atom. The van der Waals surface area contributed by atoms with E-state index >= 15 is 0 Å². The number of pyridine rings is 1. The summed E-state index contributed by atoms with van der Waals surface area (Å²) in [5, 5.41) is -1.22. The molecule has 0 radical (unpaired) electrons. The zero-order valence-corrected chi connectivity index (χ0v) is 10.4. The van der Waals surface area contributed by atoms with Crippen LogP contribution in [-0.2, 0) is 6.18 Å². The number of rotatable bonds is 1. The van der Waals surface area contributed by atoms with Gasteiger partial charge in [-0.05, 0) is 22.6 Å². The third kappa shape index (κ3) is 3.76. The Balaban J connectivity index is 3.31. The molecule has 0 N–H and O–H groups in total. The lowest BCUT2D eigenvalue weighted by atomic mass is 10.3. The zero-order chi connectivity index (χ0) is 13.4. The quantitative estimate of drug-likeness (QED) is 0.527. The molecule has 0 aliphatic heterocycles. The molecule has 0 saturated heterocycles. The average Bonchev–Trinajstić information content (AvgIpc) is 2.08. The Morgan fingerprint density at radius 2 is 1.71 bits per heavy atom. The van der Waals surface area contributed by atoms with Crippen molar-refractivity contribution in [2.45, 2.75) is 12.5 Å². The van der Waals surface area contributed by atoms with E-state index < -0.39 is 29.0 Å². The van der Waals surface area contributed by atoms with Crippen molar-refractivity contribution in [3.05, 3.63) is 20.5 Å². The number of nitrogens with zero attached hydrogens (tertiary/aromatic N) is 1. The minimum Gasteiger partial charge on any atom is -0.403 e. The number of halogens is 8. The second-order valence-corrected chi connectivity index (χ2v) is 4.18. The molecular formula is C7HClF6INO. The Bertz CT molecular complexity index is 432. The molecule has 0 atom stereocenters. The molecule has 0 unspecified atom stereocenters. The van der Waals surface area contributed by atoms with Crippen molar-refractivity contribution in [3.8, 4) is 5.75 Å². The van der Waals surface area contributed by atoms with Crippen molar-refractivity contribution in [1.82, 2.24) is 4.98 Å². The lowest BCUT2D eigenvalue weighted by molar-refractivity contribution is -0.275. The van der Waals surface area contributed by atoms with Gasteiger partial charge < -0.3 is 4.74 Å². The second kappa shape index (κ2) is 4.67. The van der Waals surface area contributed by atoms with Gasteiger partial charge in [0.05, 0.1) is 3.57 Å². The molecular weight excluding hydrogens is 390 g/mol. The molecule has 10 heteroatoms. The van der Waals surface area contributed by atoms with Crippen LogP contribution in [-0.4, -0.2) is 11.3 Å². The molecule has 1 aromatic heterocycles. The predicted octanol–water partition coefficient (Wildman–Crippen LogP) is 4.26. The number of ether oxygens (including phenoxy) is 1. The Labute approximate surface area is 109 Å². The van der Waals surface area contributed by atoms with Gasteiger partial charge in [-0.2, -0.15) is 13.2 Å². The van der Waals surface area contributed by atoms with Crippen LogP contribution < -0.4 is 4.74 Å². The summed E-state index contributed by atoms with van der Waals surface area (Å²) in [6.07, 6.45) is -9.49. The second-order valence-electron chi connectivity index (χ2n) is 2.64. The summed E-state index contributed by atoms with van der Waals surface area (Å²) < 4.78 is 75.9. The van der Waals surface area contributed by atoms with E-state index in [2.05, 4.69) is 9.72 Å². The van der Waals surface area contributed by atoms with E-state index in [-0.39, 0.29) is 3.57 Å². The maximum atomic E-state index is 12.3. The Kier molecular flexibility index (Phi) is 4.01. The van der Waals surface area contributed by atoms with E-state index in [1.54, 1.807) is 0 Å². The summed E-state index contributed by atoms with van der Waals surface area (Å²) in [4.78, 5) is 2.93. The molecule has 0 fully saturated rings. The number of hydrogen-bond acceptors (Lipinski definition) is 2. The fourth-order valence-electron chi connectivity index (χ4n) is 0.856. The molecule has 1 aromatic rings. The maximum Gasteiger partial charge on any atom is 0.573 e. The number of hydrogen-bond donors (Lipinski definition) is 0. The number of aromatic nitrogens is 1. The van der Waals surface area contributed by atoms with Crippen molar-refractivity contribution >= 4 is 34.2 Å². The van der Waals surface area contributed by atoms with Gasteiger partial charge in [0, 0.05) is 6.20 Å². The van der Waals surface area contributed by atoms with Gasteiger partial charge in [-0.1, -0.05) is 11.6 Å². The Morgan fingerprint density at radius 3 is 2.12 bits per heavy atom. The maximum absolute atomic E-state index is 12.3. The van der Waals surface area contributed by atoms with Crippen molar-refractivity contribution in [2.75, 3.05) is 0 Å². The van der Waals surface area contributed by atoms with Gasteiger partial charge in [0.15, 0.2) is 11.4 Å². The van der Waals surface area contributed by atoms with Gasteiger partial charge in [0.1, 0.15) is 5.02 Å². The smallest absolute Gasteiger partial charge is 0.403 e. The van der Waals surface area contributed by atoms with Crippen molar-refractivity contribution < 1.29 is 31.1 Å². The van der Waals surface area contributed by atoms with Crippen LogP contribution in [0.2, 0.25) is 5.02 Å². The van der Waals surface area contributed by atoms with Crippen LogP contribution in [0.25, 0.3) is 0 Å². The highest BCUT2D eigenvalue weighted by Crippen LogP contribution is 2.41. The monoisotopic (exact) mass is 391 g/mol. The van der Waals surface area contributed by atoms with E-state index in [0.29, 0.717) is 6.20 Å². The van der Waals surface area contributed by atoms with Crippen LogP contribution in [0.1, 0.15) is 5.69 Å². The van der Waals surface area contributed by atoms with Gasteiger partial charge in [-0.25, -0.2) is 4.98 Å². The topological polar surface area (TPSA) is 22.1 Å². The summed E-state index contributed by atoms with van der Waals surface area (Å²) >= 11 is 6.52. The van der Waals surface area contributed by atoms with E-state index in [9.17, 15) is 26.3 Å². The lowest BCUT2D eigenvalue weighted by Crippen LogP contribution is -2.19. The van der Waals surface area contributed by atoms with Gasteiger partial charge in [0.25, 0.3) is 0 Å². The molecule has 0 spiro atoms. The van der Waals surface area contributed by atoms with Crippen LogP contribution >= 0.6 is 34.2 Å². The first kappa shape index (κ1) is 14.6. The summed E-state index contributed by atoms with van der Waals surface area (Å²) in [6, 6.07) is 0. The largest absolute Gasteiger partial charge is 0.573 e. The van der Waals surface area contributed by atoms with Crippen molar-refractivity contribution in [1.29, 1.82) is 0 Å². The van der Waals surface area contributed by atoms with E-state index in [4.69, 9.17) is 11.6 Å². The normalized spacial score (nSPS) is 12.7. The highest BCUT2D eigenvalue weighted by atomic mass is 127. The molecule has 1 heterocycles. The minimum absolute atomic E-state index is 0.280.